The molecule has 2 nitrogen and oxygen atoms in total. The molecule has 0 aromatic carbocycles. The van der Waals surface area contributed by atoms with Gasteiger partial charge in [0.15, 0.2) is 0 Å². The van der Waals surface area contributed by atoms with Crippen LogP contribution >= 0.6 is 0 Å². The minimum absolute atomic E-state index is 0. The van der Waals surface area contributed by atoms with E-state index in [0.29, 0.717) is 0 Å². The molecular formula is C7H2F12O2. The first-order chi connectivity index (χ1) is 8.44. The van der Waals surface area contributed by atoms with E-state index in [0.717, 1.165) is 0 Å². The molecule has 21 heavy (non-hydrogen) atoms. The van der Waals surface area contributed by atoms with Crippen molar-refractivity contribution in [2.24, 2.45) is 0 Å². The van der Waals surface area contributed by atoms with Gasteiger partial charge in [0.05, 0.1) is 0 Å². The smallest absolute Gasteiger partial charge is 0.384 e. The first-order valence-corrected chi connectivity index (χ1v) is 4.26. The lowest BCUT2D eigenvalue weighted by molar-refractivity contribution is -0.477. The molecule has 126 valence electrons. The maximum absolute atomic E-state index is 13.2. The normalized spacial score (nSPS) is 30.0. The van der Waals surface area contributed by atoms with Crippen LogP contribution in [0.3, 0.4) is 0 Å². The minimum atomic E-state index is -7.39. The van der Waals surface area contributed by atoms with Gasteiger partial charge in [0.2, 0.25) is 0 Å². The van der Waals surface area contributed by atoms with E-state index in [1.54, 1.807) is 0 Å². The third kappa shape index (κ3) is 1.50. The summed E-state index contributed by atoms with van der Waals surface area (Å²) in [5, 5.41) is 7.86. The average molecular weight is 346 g/mol. The van der Waals surface area contributed by atoms with Crippen molar-refractivity contribution in [2.45, 2.75) is 35.3 Å². The highest BCUT2D eigenvalue weighted by Crippen LogP contribution is 2.69. The molecule has 0 saturated heterocycles. The highest BCUT2D eigenvalue weighted by Gasteiger charge is 3.03. The Balaban J connectivity index is 0.00000400. The van der Waals surface area contributed by atoms with Gasteiger partial charge in [0.1, 0.15) is 0 Å². The van der Waals surface area contributed by atoms with Gasteiger partial charge in [-0.1, -0.05) is 0 Å². The molecule has 0 radical (unpaired) electrons. The van der Waals surface area contributed by atoms with Crippen molar-refractivity contribution >= 4 is 5.97 Å². The topological polar surface area (TPSA) is 37.3 Å². The van der Waals surface area contributed by atoms with Crippen LogP contribution in [0.1, 0.15) is 0 Å². The molecule has 0 aromatic heterocycles. The lowest BCUT2D eigenvalue weighted by Crippen LogP contribution is -2.85. The summed E-state index contributed by atoms with van der Waals surface area (Å²) in [5.41, 5.74) is -6.94. The van der Waals surface area contributed by atoms with Crippen LogP contribution in [0.5, 0.6) is 0 Å². The van der Waals surface area contributed by atoms with E-state index in [9.17, 15) is 53.1 Å². The van der Waals surface area contributed by atoms with Gasteiger partial charge < -0.3 is 5.11 Å². The number of hydrogen-bond donors (Lipinski definition) is 1. The lowest BCUT2D eigenvalue weighted by Gasteiger charge is -2.50. The third-order valence-corrected chi connectivity index (χ3v) is 2.74. The summed E-state index contributed by atoms with van der Waals surface area (Å²) in [6.45, 7) is 0. The Hall–Kier alpha value is -1.37. The largest absolute Gasteiger partial charge is 0.479 e. The Morgan fingerprint density at radius 3 is 0.952 bits per heavy atom. The van der Waals surface area contributed by atoms with Crippen molar-refractivity contribution < 1.29 is 62.9 Å². The molecule has 0 spiro atoms. The molecule has 1 N–H and O–H groups in total. The molecule has 0 aromatic rings. The molecule has 0 bridgehead atoms. The zero-order chi connectivity index (χ0) is 16.6. The summed E-state index contributed by atoms with van der Waals surface area (Å²) >= 11 is 0. The summed E-state index contributed by atoms with van der Waals surface area (Å²) in [7, 11) is 0. The van der Waals surface area contributed by atoms with Crippen LogP contribution < -0.4 is 0 Å². The van der Waals surface area contributed by atoms with Crippen molar-refractivity contribution in [1.82, 2.24) is 0 Å². The zero-order valence-corrected chi connectivity index (χ0v) is 8.92. The van der Waals surface area contributed by atoms with Crippen molar-refractivity contribution in [3.8, 4) is 0 Å². The van der Waals surface area contributed by atoms with E-state index in [-0.39, 0.29) is 4.70 Å². The Morgan fingerprint density at radius 1 is 0.571 bits per heavy atom. The summed E-state index contributed by atoms with van der Waals surface area (Å²) in [5.74, 6) is -40.9. The number of alkyl halides is 11. The molecule has 1 saturated carbocycles. The number of rotatable bonds is 1. The van der Waals surface area contributed by atoms with E-state index >= 15 is 0 Å². The van der Waals surface area contributed by atoms with Gasteiger partial charge in [-0.3, -0.25) is 4.70 Å². The number of carbonyl (C=O) groups is 1. The van der Waals surface area contributed by atoms with Gasteiger partial charge in [0.25, 0.3) is 0 Å². The van der Waals surface area contributed by atoms with Crippen LogP contribution in [0.4, 0.5) is 53.0 Å². The first-order valence-electron chi connectivity index (χ1n) is 4.26. The van der Waals surface area contributed by atoms with Crippen LogP contribution in [0.25, 0.3) is 0 Å². The van der Waals surface area contributed by atoms with Crippen LogP contribution in [0, 0.1) is 0 Å². The predicted molar refractivity (Wildman–Crippen MR) is 38.7 cm³/mol. The maximum Gasteiger partial charge on any atom is 0.384 e. The second kappa shape index (κ2) is 4.09. The van der Waals surface area contributed by atoms with Crippen molar-refractivity contribution in [2.75, 3.05) is 0 Å². The van der Waals surface area contributed by atoms with Gasteiger partial charge >= 0.3 is 41.3 Å². The van der Waals surface area contributed by atoms with E-state index in [1.807, 2.05) is 0 Å². The van der Waals surface area contributed by atoms with Gasteiger partial charge in [-0.15, -0.1) is 0 Å². The summed E-state index contributed by atoms with van der Waals surface area (Å²) in [6.07, 6.45) is 0. The van der Waals surface area contributed by atoms with Crippen LogP contribution in [-0.4, -0.2) is 46.4 Å². The molecule has 1 aliphatic carbocycles. The Bertz CT molecular complexity index is 425. The van der Waals surface area contributed by atoms with Crippen LogP contribution in [-0.2, 0) is 4.79 Å². The highest BCUT2D eigenvalue weighted by molar-refractivity contribution is 5.82. The maximum atomic E-state index is 13.2. The monoisotopic (exact) mass is 346 g/mol. The van der Waals surface area contributed by atoms with Crippen molar-refractivity contribution in [3.05, 3.63) is 0 Å². The molecule has 14 heteroatoms. The quantitative estimate of drug-likeness (QED) is 0.741. The van der Waals surface area contributed by atoms with Crippen LogP contribution in [0.15, 0.2) is 0 Å². The summed E-state index contributed by atoms with van der Waals surface area (Å²) in [4.78, 5) is 10.0. The fraction of sp³-hybridized carbons (Fsp3) is 0.857. The van der Waals surface area contributed by atoms with Gasteiger partial charge in [-0.25, -0.2) is 9.18 Å². The first kappa shape index (κ1) is 19.6. The standard InChI is InChI=1S/C7HF11O2.FH/c8-2(1(19)20)3(9,10)5(13,14)7(17,18)6(15,16)4(2,11)12;/h(H,19,20);1H. The van der Waals surface area contributed by atoms with E-state index < -0.39 is 41.3 Å². The van der Waals surface area contributed by atoms with E-state index in [4.69, 9.17) is 5.11 Å². The molecule has 0 unspecified atom stereocenters. The molecular weight excluding hydrogens is 344 g/mol. The third-order valence-electron chi connectivity index (χ3n) is 2.74. The zero-order valence-electron chi connectivity index (χ0n) is 8.92. The van der Waals surface area contributed by atoms with Gasteiger partial charge in [0, 0.05) is 0 Å². The summed E-state index contributed by atoms with van der Waals surface area (Å²) < 4.78 is 140. The van der Waals surface area contributed by atoms with Crippen LogP contribution in [0.2, 0.25) is 0 Å². The number of carboxylic acids is 1. The second-order valence-electron chi connectivity index (χ2n) is 3.84. The van der Waals surface area contributed by atoms with Crippen molar-refractivity contribution in [3.63, 3.8) is 0 Å². The second-order valence-corrected chi connectivity index (χ2v) is 3.84. The minimum Gasteiger partial charge on any atom is -0.479 e. The van der Waals surface area contributed by atoms with Gasteiger partial charge in [-0.05, 0) is 0 Å². The van der Waals surface area contributed by atoms with Crippen molar-refractivity contribution in [1.29, 1.82) is 0 Å². The Labute approximate surface area is 105 Å². The molecule has 0 heterocycles. The highest BCUT2D eigenvalue weighted by atomic mass is 19.4. The predicted octanol–water partition coefficient (Wildman–Crippen LogP) is 3.12. The van der Waals surface area contributed by atoms with E-state index in [1.165, 1.54) is 0 Å². The Kier molecular flexibility index (Phi) is 3.82. The number of hydrogen-bond acceptors (Lipinski definition) is 1. The van der Waals surface area contributed by atoms with E-state index in [2.05, 4.69) is 0 Å². The SMILES string of the molecule is F.O=C(O)C1(F)C(F)(F)C(F)(F)C(F)(F)C(F)(F)C1(F)F. The Morgan fingerprint density at radius 2 is 0.762 bits per heavy atom. The molecule has 1 aliphatic rings. The lowest BCUT2D eigenvalue weighted by atomic mass is 9.72. The molecule has 0 atom stereocenters. The molecule has 1 fully saturated rings. The fourth-order valence-corrected chi connectivity index (χ4v) is 1.49. The summed E-state index contributed by atoms with van der Waals surface area (Å²) in [6, 6.07) is 0. The number of aliphatic carboxylic acids is 1. The molecule has 0 aliphatic heterocycles. The number of carboxylic acid groups (broad SMARTS) is 1. The molecule has 0 amide bonds. The van der Waals surface area contributed by atoms with Gasteiger partial charge in [-0.2, -0.15) is 43.9 Å². The number of halogens is 12. The average Bonchev–Trinajstić information content (AvgIpc) is 2.24. The molecule has 1 rings (SSSR count). The fourth-order valence-electron chi connectivity index (χ4n) is 1.49.